The molecule has 0 radical (unpaired) electrons. The SMILES string of the molecule is CCC(C)NC(=NCC(=O)N(C)C)NC1CCOC(C)C1.I. The number of carbonyl (C=O) groups excluding carboxylic acids is 1. The molecule has 0 aromatic rings. The molecule has 1 aliphatic heterocycles. The zero-order chi connectivity index (χ0) is 15.8. The summed E-state index contributed by atoms with van der Waals surface area (Å²) in [5, 5.41) is 6.78. The van der Waals surface area contributed by atoms with Gasteiger partial charge in [-0.05, 0) is 33.1 Å². The van der Waals surface area contributed by atoms with Crippen molar-refractivity contribution < 1.29 is 9.53 Å². The minimum Gasteiger partial charge on any atom is -0.378 e. The van der Waals surface area contributed by atoms with E-state index < -0.39 is 0 Å². The summed E-state index contributed by atoms with van der Waals surface area (Å²) in [5.41, 5.74) is 0. The number of nitrogens with one attached hydrogen (secondary N) is 2. The smallest absolute Gasteiger partial charge is 0.243 e. The van der Waals surface area contributed by atoms with E-state index in [-0.39, 0.29) is 42.5 Å². The third kappa shape index (κ3) is 8.17. The average molecular weight is 426 g/mol. The topological polar surface area (TPSA) is 66.0 Å². The first-order chi connectivity index (χ1) is 9.92. The number of hydrogen-bond acceptors (Lipinski definition) is 3. The fraction of sp³-hybridized carbons (Fsp3) is 0.867. The molecule has 0 aromatic carbocycles. The van der Waals surface area contributed by atoms with Crippen LogP contribution >= 0.6 is 24.0 Å². The van der Waals surface area contributed by atoms with Crippen LogP contribution in [0.2, 0.25) is 0 Å². The fourth-order valence-corrected chi connectivity index (χ4v) is 2.08. The molecule has 1 rings (SSSR count). The summed E-state index contributed by atoms with van der Waals surface area (Å²) in [6.07, 6.45) is 3.20. The van der Waals surface area contributed by atoms with Crippen LogP contribution < -0.4 is 10.6 Å². The Morgan fingerprint density at radius 1 is 1.45 bits per heavy atom. The fourth-order valence-electron chi connectivity index (χ4n) is 2.08. The summed E-state index contributed by atoms with van der Waals surface area (Å²) in [7, 11) is 3.49. The monoisotopic (exact) mass is 426 g/mol. The molecule has 22 heavy (non-hydrogen) atoms. The van der Waals surface area contributed by atoms with Gasteiger partial charge in [0.15, 0.2) is 5.96 Å². The van der Waals surface area contributed by atoms with Crippen LogP contribution in [-0.2, 0) is 9.53 Å². The van der Waals surface area contributed by atoms with Gasteiger partial charge in [0.1, 0.15) is 6.54 Å². The molecule has 7 heteroatoms. The summed E-state index contributed by atoms with van der Waals surface area (Å²) >= 11 is 0. The van der Waals surface area contributed by atoms with Gasteiger partial charge in [-0.15, -0.1) is 24.0 Å². The molecule has 3 unspecified atom stereocenters. The third-order valence-corrected chi connectivity index (χ3v) is 3.69. The lowest BCUT2D eigenvalue weighted by molar-refractivity contribution is -0.127. The Balaban J connectivity index is 0.00000441. The molecule has 1 saturated heterocycles. The van der Waals surface area contributed by atoms with Crippen molar-refractivity contribution in [3.63, 3.8) is 0 Å². The van der Waals surface area contributed by atoms with Gasteiger partial charge in [-0.1, -0.05) is 6.92 Å². The first kappa shape index (κ1) is 21.4. The molecule has 0 aromatic heterocycles. The molecule has 0 spiro atoms. The second-order valence-electron chi connectivity index (χ2n) is 5.95. The summed E-state index contributed by atoms with van der Waals surface area (Å²) < 4.78 is 5.56. The summed E-state index contributed by atoms with van der Waals surface area (Å²) in [4.78, 5) is 17.7. The van der Waals surface area contributed by atoms with Gasteiger partial charge in [0.25, 0.3) is 0 Å². The number of carbonyl (C=O) groups is 1. The van der Waals surface area contributed by atoms with Crippen molar-refractivity contribution in [2.24, 2.45) is 4.99 Å². The van der Waals surface area contributed by atoms with Gasteiger partial charge in [0.05, 0.1) is 6.10 Å². The largest absolute Gasteiger partial charge is 0.378 e. The maximum absolute atomic E-state index is 11.7. The first-order valence-electron chi connectivity index (χ1n) is 7.81. The zero-order valence-electron chi connectivity index (χ0n) is 14.4. The van der Waals surface area contributed by atoms with E-state index in [2.05, 4.69) is 36.4 Å². The summed E-state index contributed by atoms with van der Waals surface area (Å²) in [6, 6.07) is 0.668. The molecular weight excluding hydrogens is 395 g/mol. The molecule has 2 N–H and O–H groups in total. The molecule has 0 bridgehead atoms. The number of nitrogens with zero attached hydrogens (tertiary/aromatic N) is 2. The number of halogens is 1. The van der Waals surface area contributed by atoms with Crippen LogP contribution in [0, 0.1) is 0 Å². The van der Waals surface area contributed by atoms with Crippen LogP contribution in [0.1, 0.15) is 40.0 Å². The number of likely N-dealkylation sites (N-methyl/N-ethyl adjacent to an activating group) is 1. The van der Waals surface area contributed by atoms with Crippen molar-refractivity contribution >= 4 is 35.8 Å². The Morgan fingerprint density at radius 3 is 2.68 bits per heavy atom. The highest BCUT2D eigenvalue weighted by Gasteiger charge is 2.20. The molecule has 1 amide bonds. The Hall–Kier alpha value is -0.570. The van der Waals surface area contributed by atoms with E-state index in [9.17, 15) is 4.79 Å². The van der Waals surface area contributed by atoms with Crippen molar-refractivity contribution in [2.75, 3.05) is 27.2 Å². The van der Waals surface area contributed by atoms with Gasteiger partial charge in [0.2, 0.25) is 5.91 Å². The highest BCUT2D eigenvalue weighted by Crippen LogP contribution is 2.13. The first-order valence-corrected chi connectivity index (χ1v) is 7.81. The van der Waals surface area contributed by atoms with E-state index in [4.69, 9.17) is 4.74 Å². The number of rotatable bonds is 5. The van der Waals surface area contributed by atoms with E-state index >= 15 is 0 Å². The summed E-state index contributed by atoms with van der Waals surface area (Å²) in [5.74, 6) is 0.722. The van der Waals surface area contributed by atoms with E-state index in [1.807, 2.05) is 0 Å². The minimum absolute atomic E-state index is 0. The molecule has 3 atom stereocenters. The van der Waals surface area contributed by atoms with Crippen LogP contribution in [0.15, 0.2) is 4.99 Å². The van der Waals surface area contributed by atoms with Crippen LogP contribution in [0.3, 0.4) is 0 Å². The number of amides is 1. The van der Waals surface area contributed by atoms with Crippen molar-refractivity contribution in [1.82, 2.24) is 15.5 Å². The van der Waals surface area contributed by atoms with Crippen molar-refractivity contribution in [3.05, 3.63) is 0 Å². The average Bonchev–Trinajstić information content (AvgIpc) is 2.44. The molecular formula is C15H31IN4O2. The standard InChI is InChI=1S/C15H30N4O2.HI/c1-6-11(2)17-15(16-10-14(20)19(4)5)18-13-7-8-21-12(3)9-13;/h11-13H,6-10H2,1-5H3,(H2,16,17,18);1H. The van der Waals surface area contributed by atoms with E-state index in [0.29, 0.717) is 12.1 Å². The highest BCUT2D eigenvalue weighted by molar-refractivity contribution is 14.0. The van der Waals surface area contributed by atoms with Gasteiger partial charge < -0.3 is 20.3 Å². The highest BCUT2D eigenvalue weighted by atomic mass is 127. The van der Waals surface area contributed by atoms with Crippen molar-refractivity contribution in [1.29, 1.82) is 0 Å². The number of ether oxygens (including phenoxy) is 1. The summed E-state index contributed by atoms with van der Waals surface area (Å²) in [6.45, 7) is 7.25. The second kappa shape index (κ2) is 11.0. The third-order valence-electron chi connectivity index (χ3n) is 3.69. The zero-order valence-corrected chi connectivity index (χ0v) is 16.7. The van der Waals surface area contributed by atoms with Crippen LogP contribution in [0.4, 0.5) is 0 Å². The Bertz CT molecular complexity index is 363. The van der Waals surface area contributed by atoms with Gasteiger partial charge in [-0.25, -0.2) is 4.99 Å². The predicted molar refractivity (Wildman–Crippen MR) is 101 cm³/mol. The maximum atomic E-state index is 11.7. The normalized spacial score (nSPS) is 23.2. The maximum Gasteiger partial charge on any atom is 0.243 e. The molecule has 1 heterocycles. The van der Waals surface area contributed by atoms with Gasteiger partial charge in [-0.3, -0.25) is 4.79 Å². The van der Waals surface area contributed by atoms with Crippen molar-refractivity contribution in [2.45, 2.75) is 58.2 Å². The molecule has 0 aliphatic carbocycles. The van der Waals surface area contributed by atoms with E-state index in [1.54, 1.807) is 19.0 Å². The van der Waals surface area contributed by atoms with E-state index in [1.165, 1.54) is 0 Å². The molecule has 0 saturated carbocycles. The number of aliphatic imine (C=N–C) groups is 1. The molecule has 1 aliphatic rings. The minimum atomic E-state index is 0. The lowest BCUT2D eigenvalue weighted by Crippen LogP contribution is -2.49. The molecule has 6 nitrogen and oxygen atoms in total. The lowest BCUT2D eigenvalue weighted by atomic mass is 10.0. The Kier molecular flexibility index (Phi) is 10.8. The quantitative estimate of drug-likeness (QED) is 0.398. The van der Waals surface area contributed by atoms with Crippen LogP contribution in [0.5, 0.6) is 0 Å². The van der Waals surface area contributed by atoms with Gasteiger partial charge in [-0.2, -0.15) is 0 Å². The number of guanidine groups is 1. The van der Waals surface area contributed by atoms with Gasteiger partial charge in [0, 0.05) is 32.8 Å². The Labute approximate surface area is 151 Å². The predicted octanol–water partition coefficient (Wildman–Crippen LogP) is 1.59. The van der Waals surface area contributed by atoms with Crippen LogP contribution in [-0.4, -0.2) is 62.2 Å². The second-order valence-corrected chi connectivity index (χ2v) is 5.95. The molecule has 130 valence electrons. The van der Waals surface area contributed by atoms with Crippen LogP contribution in [0.25, 0.3) is 0 Å². The van der Waals surface area contributed by atoms with Crippen molar-refractivity contribution in [3.8, 4) is 0 Å². The van der Waals surface area contributed by atoms with E-state index in [0.717, 1.165) is 31.8 Å². The lowest BCUT2D eigenvalue weighted by Gasteiger charge is -2.30. The molecule has 1 fully saturated rings. The number of hydrogen-bond donors (Lipinski definition) is 2. The Morgan fingerprint density at radius 2 is 2.14 bits per heavy atom. The van der Waals surface area contributed by atoms with Gasteiger partial charge >= 0.3 is 0 Å².